The Balaban J connectivity index is 1.40. The molecule has 4 heteroatoms. The minimum Gasteiger partial charge on any atom is -0.385 e. The third kappa shape index (κ3) is 6.39. The molecule has 0 N–H and O–H groups in total. The van der Waals surface area contributed by atoms with E-state index in [0.29, 0.717) is 0 Å². The largest absolute Gasteiger partial charge is 0.385 e. The van der Waals surface area contributed by atoms with E-state index in [9.17, 15) is 0 Å². The molecule has 7 rings (SSSR count). The lowest BCUT2D eigenvalue weighted by molar-refractivity contribution is 0.196. The van der Waals surface area contributed by atoms with E-state index in [1.165, 1.54) is 61.9 Å². The summed E-state index contributed by atoms with van der Waals surface area (Å²) in [6.07, 6.45) is 12.5. The minimum atomic E-state index is -0.127. The smallest absolute Gasteiger partial charge is 0.218 e. The van der Waals surface area contributed by atoms with Crippen molar-refractivity contribution >= 4 is 28.5 Å². The van der Waals surface area contributed by atoms with Crippen molar-refractivity contribution in [1.29, 1.82) is 0 Å². The lowest BCUT2D eigenvalue weighted by Crippen LogP contribution is -2.27. The minimum absolute atomic E-state index is 0.0960. The van der Waals surface area contributed by atoms with Crippen LogP contribution in [0.1, 0.15) is 69.2 Å². The van der Waals surface area contributed by atoms with E-state index in [2.05, 4.69) is 184 Å². The number of fused-ring (bicyclic) bond motifs is 2. The summed E-state index contributed by atoms with van der Waals surface area (Å²) in [4.78, 5) is 4.91. The summed E-state index contributed by atoms with van der Waals surface area (Å²) in [5.74, 6) is 0. The van der Waals surface area contributed by atoms with Gasteiger partial charge in [-0.05, 0) is 68.5 Å². The SMILES string of the molecule is COCCCN1/C(=C/C=C2\CCC(=CC=C3N(C)c4ccc(C)cc4C3(C)C)C2=[N+](c2ccccc2)c2ccccc2)C(C)(C)c2cc(C)ccc21. The second-order valence-electron chi connectivity index (χ2n) is 15.7. The van der Waals surface area contributed by atoms with Crippen molar-refractivity contribution in [2.75, 3.05) is 37.1 Å². The number of hydrogen-bond donors (Lipinski definition) is 0. The van der Waals surface area contributed by atoms with Gasteiger partial charge in [0, 0.05) is 96.3 Å². The van der Waals surface area contributed by atoms with Gasteiger partial charge in [-0.1, -0.05) is 112 Å². The van der Waals surface area contributed by atoms with Gasteiger partial charge in [-0.15, -0.1) is 0 Å². The quantitative estimate of drug-likeness (QED) is 0.136. The molecule has 4 nitrogen and oxygen atoms in total. The van der Waals surface area contributed by atoms with E-state index in [0.717, 1.165) is 43.8 Å². The van der Waals surface area contributed by atoms with Crippen LogP contribution in [0, 0.1) is 13.8 Å². The monoisotopic (exact) mass is 688 g/mol. The van der Waals surface area contributed by atoms with E-state index in [4.69, 9.17) is 4.74 Å². The van der Waals surface area contributed by atoms with E-state index < -0.39 is 0 Å². The van der Waals surface area contributed by atoms with Gasteiger partial charge in [-0.2, -0.15) is 4.58 Å². The highest BCUT2D eigenvalue weighted by molar-refractivity contribution is 6.17. The molecule has 1 saturated carbocycles. The van der Waals surface area contributed by atoms with Crippen LogP contribution in [0.5, 0.6) is 0 Å². The number of anilines is 2. The number of para-hydroxylation sites is 2. The van der Waals surface area contributed by atoms with Gasteiger partial charge >= 0.3 is 0 Å². The van der Waals surface area contributed by atoms with Crippen molar-refractivity contribution in [2.24, 2.45) is 0 Å². The first kappa shape index (κ1) is 35.5. The van der Waals surface area contributed by atoms with Gasteiger partial charge in [0.05, 0.1) is 0 Å². The Morgan fingerprint density at radius 3 is 1.71 bits per heavy atom. The highest BCUT2D eigenvalue weighted by Crippen LogP contribution is 2.49. The van der Waals surface area contributed by atoms with Crippen molar-refractivity contribution in [3.63, 3.8) is 0 Å². The number of benzene rings is 4. The maximum atomic E-state index is 5.50. The zero-order valence-electron chi connectivity index (χ0n) is 32.3. The van der Waals surface area contributed by atoms with Crippen molar-refractivity contribution in [1.82, 2.24) is 4.58 Å². The Hall–Kier alpha value is -4.93. The van der Waals surface area contributed by atoms with Crippen LogP contribution < -0.4 is 14.4 Å². The molecule has 266 valence electrons. The fourth-order valence-electron chi connectivity index (χ4n) is 8.59. The number of ether oxygens (including phenoxy) is 1. The van der Waals surface area contributed by atoms with Gasteiger partial charge in [-0.25, -0.2) is 0 Å². The summed E-state index contributed by atoms with van der Waals surface area (Å²) in [6, 6.07) is 35.5. The first-order valence-electron chi connectivity index (χ1n) is 18.9. The maximum Gasteiger partial charge on any atom is 0.218 e. The number of hydrogen-bond acceptors (Lipinski definition) is 3. The third-order valence-corrected chi connectivity index (χ3v) is 11.4. The molecule has 2 heterocycles. The Bertz CT molecular complexity index is 2090. The molecule has 2 aliphatic heterocycles. The maximum absolute atomic E-state index is 5.50. The van der Waals surface area contributed by atoms with Crippen LogP contribution >= 0.6 is 0 Å². The van der Waals surface area contributed by atoms with E-state index in [1.807, 2.05) is 0 Å². The normalized spacial score (nSPS) is 20.4. The number of allylic oxidation sites excluding steroid dienone is 8. The molecule has 4 aromatic carbocycles. The standard InChI is InChI=1S/C48H54N3O/c1-34-20-26-42-40(32-34)47(3,4)44(49(42)7)28-24-36-22-23-37(46(36)51(38-16-11-9-12-17-38)39-18-13-10-14-19-39)25-29-45-48(5,6)41-33-35(2)21-27-43(41)50(45)30-15-31-52-8/h9-14,16-21,24-29,32-33H,15,22-23,30-31H2,1-8H3/q+1. The predicted molar refractivity (Wildman–Crippen MR) is 222 cm³/mol. The van der Waals surface area contributed by atoms with Crippen molar-refractivity contribution in [3.05, 3.63) is 166 Å². The van der Waals surface area contributed by atoms with Crippen LogP contribution in [-0.4, -0.2) is 33.0 Å². The van der Waals surface area contributed by atoms with Crippen LogP contribution in [-0.2, 0) is 15.6 Å². The van der Waals surface area contributed by atoms with Gasteiger partial charge < -0.3 is 14.5 Å². The number of aryl methyl sites for hydroxylation is 2. The Morgan fingerprint density at radius 1 is 0.654 bits per heavy atom. The molecule has 0 radical (unpaired) electrons. The summed E-state index contributed by atoms with van der Waals surface area (Å²) in [5.41, 5.74) is 16.7. The Kier molecular flexibility index (Phi) is 9.71. The summed E-state index contributed by atoms with van der Waals surface area (Å²) in [5, 5.41) is 0. The van der Waals surface area contributed by atoms with Gasteiger partial charge in [0.2, 0.25) is 17.1 Å². The van der Waals surface area contributed by atoms with Crippen LogP contribution in [0.2, 0.25) is 0 Å². The lowest BCUT2D eigenvalue weighted by Gasteiger charge is -2.27. The molecule has 0 saturated heterocycles. The zero-order valence-corrected chi connectivity index (χ0v) is 32.3. The highest BCUT2D eigenvalue weighted by Gasteiger charge is 2.41. The molecule has 0 bridgehead atoms. The van der Waals surface area contributed by atoms with Gasteiger partial charge in [0.1, 0.15) is 0 Å². The fourth-order valence-corrected chi connectivity index (χ4v) is 8.59. The molecule has 4 aromatic rings. The average Bonchev–Trinajstić information content (AvgIpc) is 3.68. The number of nitrogens with zero attached hydrogens (tertiary/aromatic N) is 3. The lowest BCUT2D eigenvalue weighted by atomic mass is 9.83. The molecule has 0 atom stereocenters. The molecule has 3 aliphatic rings. The second kappa shape index (κ2) is 14.2. The molecule has 1 aliphatic carbocycles. The first-order chi connectivity index (χ1) is 25.0. The highest BCUT2D eigenvalue weighted by atomic mass is 16.5. The van der Waals surface area contributed by atoms with Crippen LogP contribution in [0.4, 0.5) is 22.7 Å². The van der Waals surface area contributed by atoms with E-state index >= 15 is 0 Å². The van der Waals surface area contributed by atoms with Crippen molar-refractivity contribution in [3.8, 4) is 0 Å². The van der Waals surface area contributed by atoms with Gasteiger partial charge in [0.15, 0.2) is 0 Å². The molecular formula is C48H54N3O+. The zero-order chi connectivity index (χ0) is 36.6. The second-order valence-corrected chi connectivity index (χ2v) is 15.7. The summed E-state index contributed by atoms with van der Waals surface area (Å²) < 4.78 is 7.97. The van der Waals surface area contributed by atoms with Gasteiger partial charge in [0.25, 0.3) is 0 Å². The topological polar surface area (TPSA) is 18.7 Å². The average molecular weight is 689 g/mol. The van der Waals surface area contributed by atoms with E-state index in [1.54, 1.807) is 7.11 Å². The molecule has 1 fully saturated rings. The summed E-state index contributed by atoms with van der Waals surface area (Å²) in [7, 11) is 4.01. The number of likely N-dealkylation sites (N-methyl/N-ethyl adjacent to an activating group) is 1. The first-order valence-corrected chi connectivity index (χ1v) is 18.9. The van der Waals surface area contributed by atoms with Crippen LogP contribution in [0.3, 0.4) is 0 Å². The van der Waals surface area contributed by atoms with Gasteiger partial charge in [-0.3, -0.25) is 0 Å². The third-order valence-electron chi connectivity index (χ3n) is 11.4. The van der Waals surface area contributed by atoms with Crippen LogP contribution in [0.15, 0.2) is 144 Å². The van der Waals surface area contributed by atoms with Crippen molar-refractivity contribution in [2.45, 2.75) is 71.6 Å². The summed E-state index contributed by atoms with van der Waals surface area (Å²) in [6.45, 7) is 15.5. The van der Waals surface area contributed by atoms with Crippen molar-refractivity contribution < 1.29 is 4.74 Å². The Labute approximate surface area is 311 Å². The molecule has 0 spiro atoms. The number of methoxy groups -OCH3 is 1. The molecule has 0 amide bonds. The number of rotatable bonds is 8. The fraction of sp³-hybridized carbons (Fsp3) is 0.312. The van der Waals surface area contributed by atoms with E-state index in [-0.39, 0.29) is 10.8 Å². The molecule has 0 unspecified atom stereocenters. The van der Waals surface area contributed by atoms with Crippen LogP contribution in [0.25, 0.3) is 0 Å². The molecule has 52 heavy (non-hydrogen) atoms. The summed E-state index contributed by atoms with van der Waals surface area (Å²) >= 11 is 0. The Morgan fingerprint density at radius 2 is 1.15 bits per heavy atom. The molecular weight excluding hydrogens is 635 g/mol. The molecule has 0 aromatic heterocycles. The predicted octanol–water partition coefficient (Wildman–Crippen LogP) is 11.3.